The largest absolute Gasteiger partial charge is 0.459 e. The minimum atomic E-state index is -1.95. The highest BCUT2D eigenvalue weighted by molar-refractivity contribution is 7.98. The number of aliphatic hydroxyl groups is 3. The van der Waals surface area contributed by atoms with E-state index in [4.69, 9.17) is 42.3 Å². The van der Waals surface area contributed by atoms with Crippen molar-refractivity contribution in [3.8, 4) is 0 Å². The van der Waals surface area contributed by atoms with Gasteiger partial charge in [0, 0.05) is 65.5 Å². The Hall–Kier alpha value is -4.63. The Kier molecular flexibility index (Phi) is 21.2. The van der Waals surface area contributed by atoms with Crippen LogP contribution < -0.4 is 0 Å². The molecule has 0 saturated carbocycles. The quantitative estimate of drug-likeness (QED) is 0.0751. The molecule has 7 rings (SSSR count). The van der Waals surface area contributed by atoms with Crippen LogP contribution in [-0.2, 0) is 42.7 Å². The maximum absolute atomic E-state index is 15.1. The lowest BCUT2D eigenvalue weighted by Crippen LogP contribution is -2.62. The number of hydrogen-bond acceptors (Lipinski definition) is 17. The van der Waals surface area contributed by atoms with Crippen LogP contribution in [0.1, 0.15) is 111 Å². The van der Waals surface area contributed by atoms with Crippen LogP contribution in [0.3, 0.4) is 0 Å². The highest BCUT2D eigenvalue weighted by atomic mass is 32.2. The van der Waals surface area contributed by atoms with Crippen LogP contribution in [0.15, 0.2) is 113 Å². The van der Waals surface area contributed by atoms with Crippen molar-refractivity contribution in [3.63, 3.8) is 0 Å². The highest BCUT2D eigenvalue weighted by Gasteiger charge is 2.55. The summed E-state index contributed by atoms with van der Waals surface area (Å²) in [6, 6.07) is 28.0. The maximum Gasteiger partial charge on any atom is 0.338 e. The fourth-order valence-electron chi connectivity index (χ4n) is 11.9. The van der Waals surface area contributed by atoms with Gasteiger partial charge in [-0.15, -0.1) is 0 Å². The molecular formula is C62H85N3O13S. The second kappa shape index (κ2) is 27.0. The highest BCUT2D eigenvalue weighted by Crippen LogP contribution is 2.43. The number of para-hydroxylation sites is 1. The number of benzene rings is 3. The molecule has 18 atom stereocenters. The Bertz CT molecular complexity index is 2680. The average molecular weight is 1110 g/mol. The molecule has 4 heterocycles. The van der Waals surface area contributed by atoms with Crippen LogP contribution in [0.5, 0.6) is 0 Å². The van der Waals surface area contributed by atoms with Crippen molar-refractivity contribution in [2.24, 2.45) is 28.1 Å². The van der Waals surface area contributed by atoms with E-state index >= 15 is 4.79 Å². The number of likely N-dealkylation sites (N-methyl/N-ethyl adjacent to an activating group) is 1. The van der Waals surface area contributed by atoms with Gasteiger partial charge in [0.25, 0.3) is 0 Å². The molecule has 17 heteroatoms. The van der Waals surface area contributed by atoms with Crippen molar-refractivity contribution in [2.45, 2.75) is 184 Å². The standard InChI is InChI=1S/C62H85N3O13S/c1-14-49-62(10,70)54(67)39(4)51(64-79-46-28-19-16-20-29-46)37(2)34-61(9,72-31-23-24-43-33-45-27-21-22-30-47(45)63-36-43)55(78-59-52(66)48(65(11)12)32-38(3)73-59)40(5)53(41(6)57(68)75-49)76-50-35-60(8,71-13)56(42(7)74-50)77-58(69)44-25-17-15-18-26-44/h15-30,33,36-42,48-50,52-56,59,66-67,70H,14,31-32,34-35H2,1-13H3/b24-23+,64-51+/t37-,38-,39+,40+,41-,42+,48+,49-,50+,52-,53+,54-,55-,56+,59+,60-,61+,62-/m1/s1. The van der Waals surface area contributed by atoms with E-state index in [2.05, 4.69) is 11.1 Å². The molecule has 0 unspecified atom stereocenters. The molecule has 3 saturated heterocycles. The summed E-state index contributed by atoms with van der Waals surface area (Å²) in [7, 11) is 5.36. The monoisotopic (exact) mass is 1110 g/mol. The number of pyridine rings is 1. The fourth-order valence-corrected chi connectivity index (χ4v) is 12.7. The normalized spacial score (nSPS) is 36.7. The zero-order valence-electron chi connectivity index (χ0n) is 48.3. The molecule has 79 heavy (non-hydrogen) atoms. The SMILES string of the molecule is CC[C@H]1OC(=O)[C@H](C)[C@@H](O[C@H]2C[C@@](C)(OC)[C@@H](OC(=O)c3ccccc3)[C@H](C)O2)[C@H](C)[C@@H](O[C@@H]2O[C@H](C)C[C@H](N(C)C)[C@H]2O)[C@@](C)(OC/C=C/c2cnc3ccccc3c2)C[C@@H](C)/C(=N\Sc2ccccc2)[C@H](C)[C@@H](O)[C@]1(C)O. The summed E-state index contributed by atoms with van der Waals surface area (Å²) in [4.78, 5) is 36.1. The Morgan fingerprint density at radius 2 is 1.54 bits per heavy atom. The van der Waals surface area contributed by atoms with E-state index < -0.39 is 108 Å². The molecule has 0 radical (unpaired) electrons. The number of hydrogen-bond donors (Lipinski definition) is 3. The van der Waals surface area contributed by atoms with Crippen molar-refractivity contribution >= 4 is 46.6 Å². The third-order valence-corrected chi connectivity index (χ3v) is 17.3. The van der Waals surface area contributed by atoms with Gasteiger partial charge in [-0.1, -0.05) is 94.4 Å². The summed E-state index contributed by atoms with van der Waals surface area (Å²) >= 11 is 1.26. The predicted molar refractivity (Wildman–Crippen MR) is 305 cm³/mol. The molecule has 0 amide bonds. The number of ether oxygens (including phenoxy) is 8. The van der Waals surface area contributed by atoms with Crippen molar-refractivity contribution < 1.29 is 62.8 Å². The first kappa shape index (κ1) is 62.0. The van der Waals surface area contributed by atoms with Crippen LogP contribution in [0, 0.1) is 23.7 Å². The first-order chi connectivity index (χ1) is 37.5. The smallest absolute Gasteiger partial charge is 0.338 e. The third kappa shape index (κ3) is 14.7. The van der Waals surface area contributed by atoms with E-state index in [0.717, 1.165) is 21.4 Å². The number of aliphatic hydroxyl groups excluding tert-OH is 2. The molecule has 16 nitrogen and oxygen atoms in total. The number of methoxy groups -OCH3 is 1. The zero-order valence-corrected chi connectivity index (χ0v) is 49.1. The summed E-state index contributed by atoms with van der Waals surface area (Å²) in [6.45, 7) is 18.3. The number of esters is 2. The number of nitrogens with zero attached hydrogens (tertiary/aromatic N) is 3. The van der Waals surface area contributed by atoms with Crippen LogP contribution >= 0.6 is 11.9 Å². The van der Waals surface area contributed by atoms with Crippen molar-refractivity contribution in [3.05, 3.63) is 114 Å². The van der Waals surface area contributed by atoms with Gasteiger partial charge in [0.15, 0.2) is 18.7 Å². The summed E-state index contributed by atoms with van der Waals surface area (Å²) in [5, 5.41) is 38.1. The lowest BCUT2D eigenvalue weighted by molar-refractivity contribution is -0.319. The summed E-state index contributed by atoms with van der Waals surface area (Å²) in [6.07, 6.45) is -3.39. The van der Waals surface area contributed by atoms with Gasteiger partial charge in [-0.2, -0.15) is 0 Å². The van der Waals surface area contributed by atoms with Gasteiger partial charge in [-0.3, -0.25) is 9.78 Å². The number of carbonyl (C=O) groups excluding carboxylic acids is 2. The maximum atomic E-state index is 15.1. The summed E-state index contributed by atoms with van der Waals surface area (Å²) < 4.78 is 58.8. The molecule has 3 aliphatic rings. The Morgan fingerprint density at radius 1 is 0.873 bits per heavy atom. The van der Waals surface area contributed by atoms with Gasteiger partial charge >= 0.3 is 11.9 Å². The molecule has 0 aliphatic carbocycles. The number of carbonyl (C=O) groups is 2. The lowest BCUT2D eigenvalue weighted by Gasteiger charge is -2.50. The number of rotatable bonds is 15. The van der Waals surface area contributed by atoms with Crippen molar-refractivity contribution in [1.82, 2.24) is 9.88 Å². The van der Waals surface area contributed by atoms with Crippen LogP contribution in [-0.4, -0.2) is 155 Å². The minimum Gasteiger partial charge on any atom is -0.459 e. The van der Waals surface area contributed by atoms with Gasteiger partial charge in [-0.05, 0) is 123 Å². The average Bonchev–Trinajstić information content (AvgIpc) is 3.47. The first-order valence-corrected chi connectivity index (χ1v) is 28.6. The molecule has 3 aromatic carbocycles. The molecule has 3 aliphatic heterocycles. The fraction of sp³-hybridized carbons (Fsp3) is 0.581. The van der Waals surface area contributed by atoms with Crippen molar-refractivity contribution in [2.75, 3.05) is 27.8 Å². The Balaban J connectivity index is 1.36. The molecule has 3 N–H and O–H groups in total. The minimum absolute atomic E-state index is 0.0675. The molecule has 4 aromatic rings. The Labute approximate surface area is 471 Å². The topological polar surface area (TPSA) is 197 Å². The zero-order chi connectivity index (χ0) is 57.4. The molecule has 0 spiro atoms. The van der Waals surface area contributed by atoms with Gasteiger partial charge in [0.05, 0.1) is 59.7 Å². The summed E-state index contributed by atoms with van der Waals surface area (Å²) in [5.41, 5.74) is -1.75. The second-order valence-electron chi connectivity index (χ2n) is 22.9. The summed E-state index contributed by atoms with van der Waals surface area (Å²) in [5.74, 6) is -4.37. The van der Waals surface area contributed by atoms with Crippen LogP contribution in [0.2, 0.25) is 0 Å². The van der Waals surface area contributed by atoms with E-state index in [-0.39, 0.29) is 38.0 Å². The number of fused-ring (bicyclic) bond motifs is 1. The molecule has 1 aromatic heterocycles. The van der Waals surface area contributed by atoms with Crippen molar-refractivity contribution in [1.29, 1.82) is 0 Å². The van der Waals surface area contributed by atoms with E-state index in [1.165, 1.54) is 18.9 Å². The molecular weight excluding hydrogens is 1030 g/mol. The molecule has 0 bridgehead atoms. The van der Waals surface area contributed by atoms with E-state index in [1.54, 1.807) is 58.3 Å². The third-order valence-electron chi connectivity index (χ3n) is 16.5. The van der Waals surface area contributed by atoms with Gasteiger partial charge in [0.2, 0.25) is 0 Å². The van der Waals surface area contributed by atoms with E-state index in [1.807, 2.05) is 133 Å². The van der Waals surface area contributed by atoms with Crippen LogP contribution in [0.4, 0.5) is 0 Å². The Morgan fingerprint density at radius 3 is 2.22 bits per heavy atom. The lowest BCUT2D eigenvalue weighted by atomic mass is 9.73. The predicted octanol–water partition coefficient (Wildman–Crippen LogP) is 9.52. The van der Waals surface area contributed by atoms with Gasteiger partial charge in [0.1, 0.15) is 23.4 Å². The van der Waals surface area contributed by atoms with Gasteiger partial charge in [-0.25, -0.2) is 9.19 Å². The number of aromatic nitrogens is 1. The number of cyclic esters (lactones) is 1. The first-order valence-electron chi connectivity index (χ1n) is 27.8. The molecule has 432 valence electrons. The van der Waals surface area contributed by atoms with Crippen LogP contribution in [0.25, 0.3) is 17.0 Å². The van der Waals surface area contributed by atoms with E-state index in [0.29, 0.717) is 17.7 Å². The second-order valence-corrected chi connectivity index (χ2v) is 23.7. The molecule has 3 fully saturated rings. The van der Waals surface area contributed by atoms with Gasteiger partial charge < -0.3 is 58.1 Å². The van der Waals surface area contributed by atoms with E-state index in [9.17, 15) is 20.1 Å².